The third-order valence-electron chi connectivity index (χ3n) is 3.57. The molecule has 2 N–H and O–H groups in total. The first-order chi connectivity index (χ1) is 12.0. The quantitative estimate of drug-likeness (QED) is 0.761. The number of carbonyl (C=O) groups is 1. The maximum absolute atomic E-state index is 12.0. The fourth-order valence-corrected chi connectivity index (χ4v) is 3.07. The number of hydrogen-bond donors (Lipinski definition) is 2. The van der Waals surface area contributed by atoms with Crippen molar-refractivity contribution in [2.24, 2.45) is 0 Å². The van der Waals surface area contributed by atoms with Crippen LogP contribution < -0.4 is 10.0 Å². The van der Waals surface area contributed by atoms with Crippen LogP contribution in [0.5, 0.6) is 0 Å². The molecule has 0 aliphatic rings. The predicted octanol–water partition coefficient (Wildman–Crippen LogP) is 3.17. The Labute approximate surface area is 148 Å². The lowest BCUT2D eigenvalue weighted by Crippen LogP contribution is -2.26. The van der Waals surface area contributed by atoms with Gasteiger partial charge >= 0.3 is 0 Å². The molecule has 0 aromatic heterocycles. The average molecular weight is 358 g/mol. The molecule has 25 heavy (non-hydrogen) atoms. The largest absolute Gasteiger partial charge is 0.326 e. The van der Waals surface area contributed by atoms with Gasteiger partial charge in [0.1, 0.15) is 0 Å². The lowest BCUT2D eigenvalue weighted by atomic mass is 10.1. The number of amides is 1. The molecule has 132 valence electrons. The molecule has 5 nitrogen and oxygen atoms in total. The van der Waals surface area contributed by atoms with E-state index < -0.39 is 10.0 Å². The Kier molecular flexibility index (Phi) is 6.91. The van der Waals surface area contributed by atoms with Crippen molar-refractivity contribution < 1.29 is 13.2 Å². The number of para-hydroxylation sites is 1. The molecule has 0 spiro atoms. The number of carbonyl (C=O) groups excluding carboxylic acids is 1. The van der Waals surface area contributed by atoms with Crippen LogP contribution in [0.2, 0.25) is 0 Å². The second kappa shape index (κ2) is 9.15. The molecule has 0 saturated heterocycles. The van der Waals surface area contributed by atoms with Crippen molar-refractivity contribution in [2.75, 3.05) is 11.9 Å². The summed E-state index contributed by atoms with van der Waals surface area (Å²) < 4.78 is 26.2. The SMILES string of the molecule is CCc1ccccc1NC(=O)CCNS(=O)(=O)C=Cc1ccccc1. The van der Waals surface area contributed by atoms with Crippen LogP contribution in [0.1, 0.15) is 24.5 Å². The van der Waals surface area contributed by atoms with Crippen molar-refractivity contribution in [3.05, 3.63) is 71.1 Å². The van der Waals surface area contributed by atoms with Crippen LogP contribution in [0.25, 0.3) is 6.08 Å². The highest BCUT2D eigenvalue weighted by Gasteiger charge is 2.08. The van der Waals surface area contributed by atoms with E-state index in [-0.39, 0.29) is 18.9 Å². The predicted molar refractivity (Wildman–Crippen MR) is 101 cm³/mol. The normalized spacial score (nSPS) is 11.6. The second-order valence-corrected chi connectivity index (χ2v) is 7.11. The van der Waals surface area contributed by atoms with E-state index in [1.165, 1.54) is 6.08 Å². The van der Waals surface area contributed by atoms with Gasteiger partial charge in [-0.2, -0.15) is 0 Å². The number of anilines is 1. The van der Waals surface area contributed by atoms with E-state index in [0.717, 1.165) is 28.6 Å². The highest BCUT2D eigenvalue weighted by Crippen LogP contribution is 2.15. The molecule has 0 heterocycles. The van der Waals surface area contributed by atoms with Gasteiger partial charge in [0.15, 0.2) is 0 Å². The molecule has 2 aromatic carbocycles. The summed E-state index contributed by atoms with van der Waals surface area (Å²) in [7, 11) is -3.57. The third-order valence-corrected chi connectivity index (χ3v) is 4.67. The Bertz CT molecular complexity index is 831. The molecule has 2 aromatic rings. The first-order valence-corrected chi connectivity index (χ1v) is 9.65. The zero-order valence-electron chi connectivity index (χ0n) is 14.1. The Morgan fingerprint density at radius 3 is 2.44 bits per heavy atom. The van der Waals surface area contributed by atoms with E-state index in [4.69, 9.17) is 0 Å². The Balaban J connectivity index is 1.83. The molecule has 2 rings (SSSR count). The zero-order chi connectivity index (χ0) is 18.1. The molecular formula is C19H22N2O3S. The van der Waals surface area contributed by atoms with Gasteiger partial charge in [0.2, 0.25) is 15.9 Å². The first kappa shape index (κ1) is 18.9. The molecule has 0 radical (unpaired) electrons. The summed E-state index contributed by atoms with van der Waals surface area (Å²) in [5.74, 6) is -0.226. The molecule has 0 aliphatic heterocycles. The van der Waals surface area contributed by atoms with E-state index in [0.29, 0.717) is 0 Å². The summed E-state index contributed by atoms with van der Waals surface area (Å²) in [4.78, 5) is 12.0. The van der Waals surface area contributed by atoms with Crippen molar-refractivity contribution in [1.82, 2.24) is 4.72 Å². The summed E-state index contributed by atoms with van der Waals surface area (Å²) in [6.45, 7) is 2.06. The Hall–Kier alpha value is -2.44. The highest BCUT2D eigenvalue weighted by molar-refractivity contribution is 7.92. The van der Waals surface area contributed by atoms with Crippen molar-refractivity contribution in [3.8, 4) is 0 Å². The van der Waals surface area contributed by atoms with Gasteiger partial charge in [-0.25, -0.2) is 13.1 Å². The second-order valence-electron chi connectivity index (χ2n) is 5.46. The van der Waals surface area contributed by atoms with E-state index in [1.54, 1.807) is 0 Å². The molecule has 1 amide bonds. The molecule has 0 atom stereocenters. The molecule has 6 heteroatoms. The average Bonchev–Trinajstić information content (AvgIpc) is 2.61. The van der Waals surface area contributed by atoms with Gasteiger partial charge in [-0.3, -0.25) is 4.79 Å². The molecule has 0 unspecified atom stereocenters. The van der Waals surface area contributed by atoms with Crippen LogP contribution in [0.3, 0.4) is 0 Å². The molecule has 0 bridgehead atoms. The van der Waals surface area contributed by atoms with Crippen LogP contribution in [0, 0.1) is 0 Å². The first-order valence-electron chi connectivity index (χ1n) is 8.11. The van der Waals surface area contributed by atoms with Crippen LogP contribution in [-0.4, -0.2) is 20.9 Å². The molecule has 0 aliphatic carbocycles. The van der Waals surface area contributed by atoms with E-state index >= 15 is 0 Å². The summed E-state index contributed by atoms with van der Waals surface area (Å²) in [5, 5.41) is 3.92. The lowest BCUT2D eigenvalue weighted by Gasteiger charge is -2.09. The van der Waals surface area contributed by atoms with Crippen LogP contribution in [0.15, 0.2) is 60.0 Å². The summed E-state index contributed by atoms with van der Waals surface area (Å²) in [5.41, 5.74) is 2.60. The number of sulfonamides is 1. The van der Waals surface area contributed by atoms with Crippen molar-refractivity contribution in [2.45, 2.75) is 19.8 Å². The third kappa shape index (κ3) is 6.52. The van der Waals surface area contributed by atoms with E-state index in [1.807, 2.05) is 61.5 Å². The van der Waals surface area contributed by atoms with Gasteiger partial charge in [0.25, 0.3) is 0 Å². The van der Waals surface area contributed by atoms with Gasteiger partial charge in [-0.15, -0.1) is 0 Å². The molecule has 0 saturated carbocycles. The smallest absolute Gasteiger partial charge is 0.233 e. The number of aryl methyl sites for hydroxylation is 1. The maximum Gasteiger partial charge on any atom is 0.233 e. The minimum atomic E-state index is -3.57. The summed E-state index contributed by atoms with van der Waals surface area (Å²) in [6.07, 6.45) is 2.39. The topological polar surface area (TPSA) is 75.3 Å². The van der Waals surface area contributed by atoms with Crippen LogP contribution in [0.4, 0.5) is 5.69 Å². The minimum Gasteiger partial charge on any atom is -0.326 e. The zero-order valence-corrected chi connectivity index (χ0v) is 14.9. The summed E-state index contributed by atoms with van der Waals surface area (Å²) >= 11 is 0. The van der Waals surface area contributed by atoms with Crippen molar-refractivity contribution >= 4 is 27.7 Å². The Morgan fingerprint density at radius 2 is 1.72 bits per heavy atom. The monoisotopic (exact) mass is 358 g/mol. The fraction of sp³-hybridized carbons (Fsp3) is 0.211. The minimum absolute atomic E-state index is 0.0432. The maximum atomic E-state index is 12.0. The van der Waals surface area contributed by atoms with E-state index in [9.17, 15) is 13.2 Å². The Morgan fingerprint density at radius 1 is 1.04 bits per heavy atom. The van der Waals surface area contributed by atoms with Crippen LogP contribution in [-0.2, 0) is 21.2 Å². The molecular weight excluding hydrogens is 336 g/mol. The van der Waals surface area contributed by atoms with Crippen molar-refractivity contribution in [3.63, 3.8) is 0 Å². The van der Waals surface area contributed by atoms with Gasteiger partial charge in [-0.05, 0) is 29.7 Å². The fourth-order valence-electron chi connectivity index (χ4n) is 2.25. The number of nitrogens with one attached hydrogen (secondary N) is 2. The number of hydrogen-bond acceptors (Lipinski definition) is 3. The lowest BCUT2D eigenvalue weighted by molar-refractivity contribution is -0.116. The van der Waals surface area contributed by atoms with Gasteiger partial charge in [0, 0.05) is 24.1 Å². The highest BCUT2D eigenvalue weighted by atomic mass is 32.2. The van der Waals surface area contributed by atoms with E-state index in [2.05, 4.69) is 10.0 Å². The van der Waals surface area contributed by atoms with Gasteiger partial charge in [-0.1, -0.05) is 55.5 Å². The standard InChI is InChI=1S/C19H22N2O3S/c1-2-17-10-6-7-11-18(17)21-19(22)12-14-20-25(23,24)15-13-16-8-4-3-5-9-16/h3-11,13,15,20H,2,12,14H2,1H3,(H,21,22). The van der Waals surface area contributed by atoms with Gasteiger partial charge in [0.05, 0.1) is 0 Å². The number of benzene rings is 2. The van der Waals surface area contributed by atoms with Crippen molar-refractivity contribution in [1.29, 1.82) is 0 Å². The molecule has 0 fully saturated rings. The van der Waals surface area contributed by atoms with Gasteiger partial charge < -0.3 is 5.32 Å². The summed E-state index contributed by atoms with van der Waals surface area (Å²) in [6, 6.07) is 16.7. The number of rotatable bonds is 8. The van der Waals surface area contributed by atoms with Crippen LogP contribution >= 0.6 is 0 Å².